The predicted octanol–water partition coefficient (Wildman–Crippen LogP) is 0.794. The van der Waals surface area contributed by atoms with Crippen LogP contribution in [0.2, 0.25) is 0 Å². The molecule has 3 fully saturated rings. The summed E-state index contributed by atoms with van der Waals surface area (Å²) in [6.07, 6.45) is 4.07. The molecule has 0 unspecified atom stereocenters. The van der Waals surface area contributed by atoms with Gasteiger partial charge in [0.25, 0.3) is 5.91 Å². The molecule has 0 aromatic heterocycles. The highest BCUT2D eigenvalue weighted by Crippen LogP contribution is 2.32. The summed E-state index contributed by atoms with van der Waals surface area (Å²) in [6, 6.07) is -0.470. The molecule has 3 saturated heterocycles. The zero-order valence-electron chi connectivity index (χ0n) is 14.7. The first-order valence-electron chi connectivity index (χ1n) is 9.10. The fraction of sp³-hybridized carbons (Fsp3) is 0.824. The molecule has 1 spiro atoms. The van der Waals surface area contributed by atoms with Crippen molar-refractivity contribution in [3.63, 3.8) is 0 Å². The smallest absolute Gasteiger partial charge is 0.325 e. The molecule has 7 heteroatoms. The Labute approximate surface area is 143 Å². The molecule has 0 aromatic rings. The Kier molecular flexibility index (Phi) is 4.80. The van der Waals surface area contributed by atoms with Gasteiger partial charge >= 0.3 is 6.03 Å². The monoisotopic (exact) mass is 336 g/mol. The van der Waals surface area contributed by atoms with Gasteiger partial charge in [0.05, 0.1) is 6.04 Å². The van der Waals surface area contributed by atoms with Gasteiger partial charge in [-0.2, -0.15) is 0 Å². The quantitative estimate of drug-likeness (QED) is 0.774. The summed E-state index contributed by atoms with van der Waals surface area (Å²) in [5, 5.41) is 2.98. The molecule has 4 amide bonds. The number of nitrogens with zero attached hydrogens (tertiary/aromatic N) is 3. The molecule has 0 aromatic carbocycles. The van der Waals surface area contributed by atoms with E-state index in [0.29, 0.717) is 25.9 Å². The van der Waals surface area contributed by atoms with Gasteiger partial charge in [-0.05, 0) is 38.6 Å². The number of carbonyl (C=O) groups excluding carboxylic acids is 3. The Hall–Kier alpha value is -1.63. The molecular weight excluding hydrogens is 308 g/mol. The molecule has 3 heterocycles. The van der Waals surface area contributed by atoms with Gasteiger partial charge < -0.3 is 15.1 Å². The number of rotatable bonds is 3. The van der Waals surface area contributed by atoms with E-state index in [1.807, 2.05) is 0 Å². The minimum Gasteiger partial charge on any atom is -0.341 e. The topological polar surface area (TPSA) is 73.0 Å². The van der Waals surface area contributed by atoms with Crippen molar-refractivity contribution in [2.75, 3.05) is 32.7 Å². The summed E-state index contributed by atoms with van der Waals surface area (Å²) in [6.45, 7) is 7.60. The summed E-state index contributed by atoms with van der Waals surface area (Å²) in [7, 11) is 0. The molecule has 3 aliphatic heterocycles. The summed E-state index contributed by atoms with van der Waals surface area (Å²) < 4.78 is 0. The lowest BCUT2D eigenvalue weighted by molar-refractivity contribution is -0.138. The third-order valence-electron chi connectivity index (χ3n) is 5.65. The van der Waals surface area contributed by atoms with Gasteiger partial charge in [0.2, 0.25) is 5.91 Å². The van der Waals surface area contributed by atoms with E-state index in [4.69, 9.17) is 0 Å². The molecule has 7 nitrogen and oxygen atoms in total. The average Bonchev–Trinajstić information content (AvgIpc) is 2.80. The van der Waals surface area contributed by atoms with Crippen LogP contribution >= 0.6 is 0 Å². The number of imide groups is 1. The maximum atomic E-state index is 13.1. The molecule has 1 atom stereocenters. The number of piperidine rings is 2. The molecule has 3 rings (SSSR count). The summed E-state index contributed by atoms with van der Waals surface area (Å²) >= 11 is 0. The summed E-state index contributed by atoms with van der Waals surface area (Å²) in [5.74, 6) is -0.0756. The highest BCUT2D eigenvalue weighted by atomic mass is 16.2. The minimum atomic E-state index is -0.722. The third-order valence-corrected chi connectivity index (χ3v) is 5.65. The van der Waals surface area contributed by atoms with Crippen molar-refractivity contribution >= 4 is 17.8 Å². The standard InChI is InChI=1S/C17H28N4O3/c1-3-8-19-10-6-17(7-11-19)15(23)21(16(24)18-17)14-5-4-9-20(12-14)13(2)22/h14H,3-12H2,1-2H3,(H,18,24)/t14-/m1/s1. The van der Waals surface area contributed by atoms with Crippen LogP contribution < -0.4 is 5.32 Å². The number of carbonyl (C=O) groups is 3. The molecule has 0 radical (unpaired) electrons. The van der Waals surface area contributed by atoms with Crippen molar-refractivity contribution < 1.29 is 14.4 Å². The summed E-state index contributed by atoms with van der Waals surface area (Å²) in [4.78, 5) is 42.7. The van der Waals surface area contributed by atoms with Gasteiger partial charge in [-0.25, -0.2) is 4.79 Å². The Bertz CT molecular complexity index is 528. The first-order valence-corrected chi connectivity index (χ1v) is 9.10. The van der Waals surface area contributed by atoms with Crippen molar-refractivity contribution in [2.24, 2.45) is 0 Å². The van der Waals surface area contributed by atoms with Crippen molar-refractivity contribution in [1.82, 2.24) is 20.0 Å². The first-order chi connectivity index (χ1) is 11.5. The van der Waals surface area contributed by atoms with E-state index in [1.54, 1.807) is 11.8 Å². The van der Waals surface area contributed by atoms with E-state index in [9.17, 15) is 14.4 Å². The van der Waals surface area contributed by atoms with E-state index >= 15 is 0 Å². The minimum absolute atomic E-state index is 0.00865. The second kappa shape index (κ2) is 6.70. The van der Waals surface area contributed by atoms with Crippen molar-refractivity contribution in [2.45, 2.75) is 57.5 Å². The highest BCUT2D eigenvalue weighted by Gasteiger charge is 2.54. The number of amides is 4. The van der Waals surface area contributed by atoms with Gasteiger partial charge in [0, 0.05) is 33.1 Å². The fourth-order valence-electron chi connectivity index (χ4n) is 4.24. The van der Waals surface area contributed by atoms with Gasteiger partial charge in [0.15, 0.2) is 0 Å². The fourth-order valence-corrected chi connectivity index (χ4v) is 4.24. The molecule has 3 aliphatic rings. The van der Waals surface area contributed by atoms with E-state index in [2.05, 4.69) is 17.1 Å². The molecule has 134 valence electrons. The predicted molar refractivity (Wildman–Crippen MR) is 89.3 cm³/mol. The van der Waals surface area contributed by atoms with E-state index < -0.39 is 5.54 Å². The molecule has 0 aliphatic carbocycles. The lowest BCUT2D eigenvalue weighted by Crippen LogP contribution is -2.56. The number of urea groups is 1. The van der Waals surface area contributed by atoms with Crippen LogP contribution in [0.5, 0.6) is 0 Å². The summed E-state index contributed by atoms with van der Waals surface area (Å²) in [5.41, 5.74) is -0.722. The van der Waals surface area contributed by atoms with Crippen LogP contribution in [-0.4, -0.2) is 76.8 Å². The number of hydrogen-bond donors (Lipinski definition) is 1. The van der Waals surface area contributed by atoms with Gasteiger partial charge in [-0.1, -0.05) is 6.92 Å². The highest BCUT2D eigenvalue weighted by molar-refractivity contribution is 6.07. The zero-order valence-corrected chi connectivity index (χ0v) is 14.7. The molecule has 1 N–H and O–H groups in total. The SMILES string of the molecule is CCCN1CCC2(CC1)NC(=O)N([C@@H]1CCCN(C(C)=O)C1)C2=O. The van der Waals surface area contributed by atoms with E-state index in [0.717, 1.165) is 38.9 Å². The van der Waals surface area contributed by atoms with Crippen molar-refractivity contribution in [1.29, 1.82) is 0 Å². The Morgan fingerprint density at radius 1 is 1.25 bits per heavy atom. The molecule has 0 bridgehead atoms. The van der Waals surface area contributed by atoms with E-state index in [1.165, 1.54) is 4.90 Å². The van der Waals surface area contributed by atoms with Crippen molar-refractivity contribution in [3.05, 3.63) is 0 Å². The van der Waals surface area contributed by atoms with Crippen LogP contribution in [0.25, 0.3) is 0 Å². The largest absolute Gasteiger partial charge is 0.341 e. The number of nitrogens with one attached hydrogen (secondary N) is 1. The average molecular weight is 336 g/mol. The van der Waals surface area contributed by atoms with Crippen LogP contribution in [0, 0.1) is 0 Å². The van der Waals surface area contributed by atoms with Crippen LogP contribution in [0.4, 0.5) is 4.79 Å². The Balaban J connectivity index is 1.69. The molecule has 24 heavy (non-hydrogen) atoms. The maximum absolute atomic E-state index is 13.1. The van der Waals surface area contributed by atoms with Gasteiger partial charge in [-0.15, -0.1) is 0 Å². The second-order valence-corrected chi connectivity index (χ2v) is 7.29. The lowest BCUT2D eigenvalue weighted by atomic mass is 9.87. The second-order valence-electron chi connectivity index (χ2n) is 7.29. The number of hydrogen-bond acceptors (Lipinski definition) is 4. The van der Waals surface area contributed by atoms with Gasteiger partial charge in [-0.3, -0.25) is 14.5 Å². The molecular formula is C17H28N4O3. The van der Waals surface area contributed by atoms with E-state index in [-0.39, 0.29) is 23.9 Å². The Morgan fingerprint density at radius 2 is 1.96 bits per heavy atom. The lowest BCUT2D eigenvalue weighted by Gasteiger charge is -2.39. The van der Waals surface area contributed by atoms with Crippen LogP contribution in [0.3, 0.4) is 0 Å². The molecule has 0 saturated carbocycles. The van der Waals surface area contributed by atoms with Crippen LogP contribution in [-0.2, 0) is 9.59 Å². The zero-order chi connectivity index (χ0) is 17.3. The van der Waals surface area contributed by atoms with Crippen molar-refractivity contribution in [3.8, 4) is 0 Å². The van der Waals surface area contributed by atoms with Crippen LogP contribution in [0.15, 0.2) is 0 Å². The third kappa shape index (κ3) is 3.01. The maximum Gasteiger partial charge on any atom is 0.325 e. The first kappa shape index (κ1) is 17.2. The Morgan fingerprint density at radius 3 is 2.58 bits per heavy atom. The van der Waals surface area contributed by atoms with Crippen LogP contribution in [0.1, 0.15) is 46.0 Å². The number of likely N-dealkylation sites (tertiary alicyclic amines) is 2. The van der Waals surface area contributed by atoms with Gasteiger partial charge in [0.1, 0.15) is 5.54 Å². The normalized spacial score (nSPS) is 27.7.